The Kier molecular flexibility index (Phi) is 11.8. The van der Waals surface area contributed by atoms with Crippen LogP contribution in [0.5, 0.6) is 5.75 Å². The van der Waals surface area contributed by atoms with E-state index >= 15 is 0 Å². The molecule has 2 aliphatic rings. The van der Waals surface area contributed by atoms with Crippen molar-refractivity contribution in [3.05, 3.63) is 63.9 Å². The molecule has 1 aromatic carbocycles. The molecule has 232 valence electrons. The maximum absolute atomic E-state index is 12.9. The van der Waals surface area contributed by atoms with Crippen LogP contribution < -0.4 is 4.74 Å². The Morgan fingerprint density at radius 3 is 2.71 bits per heavy atom. The van der Waals surface area contributed by atoms with Crippen LogP contribution in [0.15, 0.2) is 48.6 Å². The Morgan fingerprint density at radius 1 is 1.17 bits per heavy atom. The van der Waals surface area contributed by atoms with E-state index < -0.39 is 30.1 Å². The van der Waals surface area contributed by atoms with Gasteiger partial charge < -0.3 is 29.5 Å². The monoisotopic (exact) mass is 613 g/mol. The molecule has 0 unspecified atom stereocenters. The summed E-state index contributed by atoms with van der Waals surface area (Å²) < 4.78 is 54.8. The minimum absolute atomic E-state index is 0.00976. The molecule has 1 aliphatic heterocycles. The molecule has 1 aliphatic carbocycles. The van der Waals surface area contributed by atoms with Crippen molar-refractivity contribution in [2.45, 2.75) is 50.2 Å². The number of morpholine rings is 1. The highest BCUT2D eigenvalue weighted by Gasteiger charge is 2.39. The molecule has 0 radical (unpaired) electrons. The van der Waals surface area contributed by atoms with E-state index in [4.69, 9.17) is 14.2 Å². The predicted molar refractivity (Wildman–Crippen MR) is 150 cm³/mol. The molecule has 2 aromatic rings. The largest absolute Gasteiger partial charge is 0.491 e. The molecule has 2 heterocycles. The molecule has 1 saturated heterocycles. The number of aliphatic hydroxyl groups excluding tert-OH is 3. The third kappa shape index (κ3) is 9.51. The normalized spacial score (nSPS) is 24.2. The maximum Gasteiger partial charge on any atom is 0.416 e. The number of hydrogen-bond donors (Lipinski definition) is 3. The number of hydrogen-bond acceptors (Lipinski definition) is 9. The zero-order valence-electron chi connectivity index (χ0n) is 23.2. The van der Waals surface area contributed by atoms with E-state index in [2.05, 4.69) is 4.90 Å². The minimum Gasteiger partial charge on any atom is -0.491 e. The molecular weight excluding hydrogens is 575 g/mol. The van der Waals surface area contributed by atoms with E-state index in [1.807, 2.05) is 6.07 Å². The van der Waals surface area contributed by atoms with Gasteiger partial charge >= 0.3 is 12.1 Å². The van der Waals surface area contributed by atoms with Crippen LogP contribution in [-0.4, -0.2) is 90.6 Å². The number of esters is 1. The van der Waals surface area contributed by atoms with Crippen molar-refractivity contribution in [1.29, 1.82) is 0 Å². The lowest BCUT2D eigenvalue weighted by molar-refractivity contribution is -0.137. The van der Waals surface area contributed by atoms with Gasteiger partial charge in [-0.3, -0.25) is 4.90 Å². The van der Waals surface area contributed by atoms with Crippen LogP contribution in [0.1, 0.15) is 39.4 Å². The van der Waals surface area contributed by atoms with E-state index in [0.29, 0.717) is 44.1 Å². The smallest absolute Gasteiger partial charge is 0.416 e. The van der Waals surface area contributed by atoms with E-state index in [1.54, 1.807) is 12.1 Å². The average molecular weight is 614 g/mol. The first-order valence-electron chi connectivity index (χ1n) is 14.2. The van der Waals surface area contributed by atoms with Crippen LogP contribution in [0.25, 0.3) is 0 Å². The van der Waals surface area contributed by atoms with Crippen molar-refractivity contribution >= 4 is 17.3 Å². The number of alkyl halides is 3. The summed E-state index contributed by atoms with van der Waals surface area (Å²) in [6.07, 6.45) is -1.70. The molecule has 0 amide bonds. The highest BCUT2D eigenvalue weighted by atomic mass is 32.1. The van der Waals surface area contributed by atoms with Crippen molar-refractivity contribution in [3.63, 3.8) is 0 Å². The Morgan fingerprint density at radius 2 is 1.95 bits per heavy atom. The Bertz CT molecular complexity index is 1170. The van der Waals surface area contributed by atoms with E-state index in [9.17, 15) is 33.3 Å². The zero-order chi connectivity index (χ0) is 30.1. The van der Waals surface area contributed by atoms with Crippen LogP contribution in [0, 0.1) is 11.8 Å². The number of halogens is 3. The number of ether oxygens (including phenoxy) is 3. The molecule has 1 saturated carbocycles. The van der Waals surface area contributed by atoms with E-state index in [-0.39, 0.29) is 36.6 Å². The summed E-state index contributed by atoms with van der Waals surface area (Å²) in [4.78, 5) is 16.2. The summed E-state index contributed by atoms with van der Waals surface area (Å²) in [5.74, 6) is -0.958. The molecule has 8 nitrogen and oxygen atoms in total. The van der Waals surface area contributed by atoms with Gasteiger partial charge in [0, 0.05) is 36.9 Å². The number of rotatable bonds is 13. The quantitative estimate of drug-likeness (QED) is 0.231. The zero-order valence-corrected chi connectivity index (χ0v) is 24.1. The molecule has 0 spiro atoms. The number of aryl methyl sites for hydroxylation is 1. The maximum atomic E-state index is 12.9. The number of carbonyl (C=O) groups excluding carboxylic acids is 1. The lowest BCUT2D eigenvalue weighted by Gasteiger charge is -2.26. The average Bonchev–Trinajstić information content (AvgIpc) is 3.54. The molecule has 12 heteroatoms. The second-order valence-corrected chi connectivity index (χ2v) is 11.8. The second-order valence-electron chi connectivity index (χ2n) is 10.6. The molecule has 3 N–H and O–H groups in total. The number of thiophene rings is 1. The first-order chi connectivity index (χ1) is 20.1. The Balaban J connectivity index is 1.21. The highest BCUT2D eigenvalue weighted by molar-refractivity contribution is 7.13. The van der Waals surface area contributed by atoms with Crippen molar-refractivity contribution in [2.24, 2.45) is 11.8 Å². The summed E-state index contributed by atoms with van der Waals surface area (Å²) in [5.41, 5.74) is -0.839. The second kappa shape index (κ2) is 15.3. The van der Waals surface area contributed by atoms with Gasteiger partial charge in [0.25, 0.3) is 0 Å². The van der Waals surface area contributed by atoms with Gasteiger partial charge in [-0.05, 0) is 55.5 Å². The van der Waals surface area contributed by atoms with Gasteiger partial charge in [-0.1, -0.05) is 18.2 Å². The lowest BCUT2D eigenvalue weighted by atomic mass is 9.88. The van der Waals surface area contributed by atoms with Crippen LogP contribution in [0.4, 0.5) is 13.2 Å². The summed E-state index contributed by atoms with van der Waals surface area (Å²) in [5, 5.41) is 31.4. The van der Waals surface area contributed by atoms with Crippen molar-refractivity contribution in [3.8, 4) is 5.75 Å². The van der Waals surface area contributed by atoms with Crippen molar-refractivity contribution < 1.29 is 47.5 Å². The fourth-order valence-corrected chi connectivity index (χ4v) is 6.27. The highest BCUT2D eigenvalue weighted by Crippen LogP contribution is 2.37. The molecular formula is C30H38F3NO7S. The summed E-state index contributed by atoms with van der Waals surface area (Å²) in [6.45, 7) is 3.81. The third-order valence-electron chi connectivity index (χ3n) is 7.62. The van der Waals surface area contributed by atoms with Crippen LogP contribution in [0.2, 0.25) is 0 Å². The van der Waals surface area contributed by atoms with Gasteiger partial charge in [0.05, 0.1) is 31.0 Å². The molecule has 5 atom stereocenters. The van der Waals surface area contributed by atoms with Crippen LogP contribution in [-0.2, 0) is 22.1 Å². The number of nitrogens with zero attached hydrogens (tertiary/aromatic N) is 1. The molecule has 4 rings (SSSR count). The lowest BCUT2D eigenvalue weighted by Crippen LogP contribution is -2.38. The van der Waals surface area contributed by atoms with Gasteiger partial charge in [-0.15, -0.1) is 11.3 Å². The van der Waals surface area contributed by atoms with Gasteiger partial charge in [0.15, 0.2) is 0 Å². The fourth-order valence-electron chi connectivity index (χ4n) is 5.33. The fraction of sp³-hybridized carbons (Fsp3) is 0.567. The first-order valence-corrected chi connectivity index (χ1v) is 15.0. The van der Waals surface area contributed by atoms with Gasteiger partial charge in [-0.2, -0.15) is 13.2 Å². The number of benzene rings is 1. The number of aliphatic hydroxyl groups is 3. The predicted octanol–water partition coefficient (Wildman–Crippen LogP) is 3.93. The molecule has 42 heavy (non-hydrogen) atoms. The summed E-state index contributed by atoms with van der Waals surface area (Å²) >= 11 is 1.39. The summed E-state index contributed by atoms with van der Waals surface area (Å²) in [7, 11) is 0. The van der Waals surface area contributed by atoms with Gasteiger partial charge in [0.2, 0.25) is 0 Å². The van der Waals surface area contributed by atoms with Gasteiger partial charge in [0.1, 0.15) is 29.9 Å². The first kappa shape index (κ1) is 32.4. The summed E-state index contributed by atoms with van der Waals surface area (Å²) in [6, 6.07) is 8.09. The van der Waals surface area contributed by atoms with E-state index in [1.165, 1.54) is 29.5 Å². The van der Waals surface area contributed by atoms with E-state index in [0.717, 1.165) is 36.5 Å². The molecule has 2 fully saturated rings. The van der Waals surface area contributed by atoms with Gasteiger partial charge in [-0.25, -0.2) is 4.79 Å². The van der Waals surface area contributed by atoms with Crippen LogP contribution in [0.3, 0.4) is 0 Å². The van der Waals surface area contributed by atoms with Crippen molar-refractivity contribution in [1.82, 2.24) is 4.90 Å². The minimum atomic E-state index is -4.49. The molecule has 0 bridgehead atoms. The Hall–Kier alpha value is -2.48. The third-order valence-corrected chi connectivity index (χ3v) is 8.75. The van der Waals surface area contributed by atoms with Crippen molar-refractivity contribution in [2.75, 3.05) is 46.1 Å². The van der Waals surface area contributed by atoms with Crippen LogP contribution >= 0.6 is 11.3 Å². The molecule has 1 aromatic heterocycles. The Labute approximate surface area is 247 Å². The SMILES string of the molecule is O=C(OCCN1CCOCC1)c1ccc(CCC[C@@H]2[C@@H](C=C[C@@H](O)COc3cccc(C(F)(F)F)c3)[C@H](O)C[C@@H]2O)s1. The topological polar surface area (TPSA) is 109 Å². The standard InChI is InChI=1S/C30H38F3NO7S/c31-30(32,33)20-3-1-4-22(17-20)41-19-21(35)7-9-25-24(26(36)18-27(25)37)6-2-5-23-8-10-28(42-23)29(38)40-16-13-34-11-14-39-15-12-34/h1,3-4,7-10,17,21,24-27,35-37H,2,5-6,11-16,18-19H2/t21-,24-,25-,26+,27-/m1/s1. The number of carbonyl (C=O) groups is 1.